The fourth-order valence-electron chi connectivity index (χ4n) is 3.62. The van der Waals surface area contributed by atoms with E-state index in [1.54, 1.807) is 0 Å². The lowest BCUT2D eigenvalue weighted by atomic mass is 10.0. The number of unbranched alkanes of at least 4 members (excludes halogenated alkanes) is 9. The summed E-state index contributed by atoms with van der Waals surface area (Å²) < 4.78 is 0. The summed E-state index contributed by atoms with van der Waals surface area (Å²) >= 11 is 0. The molecular weight excluding hydrogens is 328 g/mol. The van der Waals surface area contributed by atoms with Crippen molar-refractivity contribution < 1.29 is 15.0 Å². The van der Waals surface area contributed by atoms with E-state index in [0.29, 0.717) is 18.9 Å². The topological polar surface area (TPSA) is 64.0 Å². The van der Waals surface area contributed by atoms with Gasteiger partial charge in [0.1, 0.15) is 5.78 Å². The molecule has 1 saturated heterocycles. The minimum absolute atomic E-state index is 0.183. The minimum atomic E-state index is -0.653. The lowest BCUT2D eigenvalue weighted by Crippen LogP contribution is -2.50. The highest BCUT2D eigenvalue weighted by Gasteiger charge is 2.20. The Morgan fingerprint density at radius 2 is 1.35 bits per heavy atom. The van der Waals surface area contributed by atoms with Gasteiger partial charge >= 0.3 is 0 Å². The van der Waals surface area contributed by atoms with Crippen LogP contribution in [0.2, 0.25) is 0 Å². The van der Waals surface area contributed by atoms with Crippen LogP contribution >= 0.6 is 0 Å². The molecule has 1 aliphatic heterocycles. The zero-order chi connectivity index (χ0) is 19.0. The van der Waals surface area contributed by atoms with E-state index in [9.17, 15) is 9.90 Å². The van der Waals surface area contributed by atoms with Crippen LogP contribution in [0.3, 0.4) is 0 Å². The summed E-state index contributed by atoms with van der Waals surface area (Å²) in [5, 5.41) is 18.4. The number of aliphatic hydroxyl groups excluding tert-OH is 2. The van der Waals surface area contributed by atoms with Crippen molar-refractivity contribution >= 4 is 5.78 Å². The minimum Gasteiger partial charge on any atom is -0.394 e. The van der Waals surface area contributed by atoms with E-state index in [-0.39, 0.29) is 6.61 Å². The molecule has 1 atom stereocenters. The van der Waals surface area contributed by atoms with Gasteiger partial charge in [0.05, 0.1) is 19.3 Å². The Labute approximate surface area is 160 Å². The molecule has 5 heteroatoms. The van der Waals surface area contributed by atoms with E-state index in [4.69, 9.17) is 5.11 Å². The van der Waals surface area contributed by atoms with Crippen molar-refractivity contribution in [1.29, 1.82) is 0 Å². The Hall–Kier alpha value is -0.490. The quantitative estimate of drug-likeness (QED) is 0.409. The van der Waals surface area contributed by atoms with Gasteiger partial charge in [-0.25, -0.2) is 0 Å². The molecule has 1 rings (SSSR count). The highest BCUT2D eigenvalue weighted by atomic mass is 16.3. The highest BCUT2D eigenvalue weighted by Crippen LogP contribution is 2.12. The average molecular weight is 371 g/mol. The number of piperazine rings is 1. The van der Waals surface area contributed by atoms with Crippen LogP contribution in [-0.2, 0) is 4.79 Å². The number of β-amino-alcohol motifs (C(OH)–C–C–N with tert-alkyl or cyclic N) is 1. The lowest BCUT2D eigenvalue weighted by molar-refractivity contribution is -0.120. The third-order valence-electron chi connectivity index (χ3n) is 5.35. The maximum Gasteiger partial charge on any atom is 0.146 e. The molecule has 26 heavy (non-hydrogen) atoms. The summed E-state index contributed by atoms with van der Waals surface area (Å²) in [5.74, 6) is 0.369. The predicted octanol–water partition coefficient (Wildman–Crippen LogP) is 2.84. The Balaban J connectivity index is 1.93. The Kier molecular flexibility index (Phi) is 14.1. The monoisotopic (exact) mass is 370 g/mol. The van der Waals surface area contributed by atoms with E-state index < -0.39 is 6.10 Å². The third-order valence-corrected chi connectivity index (χ3v) is 5.35. The summed E-state index contributed by atoms with van der Waals surface area (Å²) in [4.78, 5) is 16.5. The lowest BCUT2D eigenvalue weighted by Gasteiger charge is -2.35. The first kappa shape index (κ1) is 23.5. The van der Waals surface area contributed by atoms with Crippen LogP contribution < -0.4 is 0 Å². The van der Waals surface area contributed by atoms with Crippen molar-refractivity contribution in [2.24, 2.45) is 0 Å². The maximum absolute atomic E-state index is 12.1. The van der Waals surface area contributed by atoms with E-state index >= 15 is 0 Å². The van der Waals surface area contributed by atoms with Crippen molar-refractivity contribution in [1.82, 2.24) is 9.80 Å². The zero-order valence-electron chi connectivity index (χ0n) is 17.0. The first-order valence-corrected chi connectivity index (χ1v) is 10.9. The van der Waals surface area contributed by atoms with Gasteiger partial charge in [0.15, 0.2) is 0 Å². The van der Waals surface area contributed by atoms with Crippen LogP contribution in [0.4, 0.5) is 0 Å². The first-order valence-electron chi connectivity index (χ1n) is 10.9. The number of rotatable bonds is 16. The second-order valence-electron chi connectivity index (χ2n) is 7.88. The third kappa shape index (κ3) is 12.0. The molecule has 0 aliphatic carbocycles. The van der Waals surface area contributed by atoms with Gasteiger partial charge in [-0.1, -0.05) is 64.7 Å². The van der Waals surface area contributed by atoms with Crippen LogP contribution in [0.15, 0.2) is 0 Å². The normalized spacial score (nSPS) is 17.5. The summed E-state index contributed by atoms with van der Waals surface area (Å²) in [6.45, 7) is 6.66. The number of hydrogen-bond donors (Lipinski definition) is 2. The number of hydrogen-bond acceptors (Lipinski definition) is 5. The van der Waals surface area contributed by atoms with Crippen molar-refractivity contribution in [3.05, 3.63) is 0 Å². The van der Waals surface area contributed by atoms with Gasteiger partial charge in [-0.15, -0.1) is 0 Å². The molecule has 0 aromatic heterocycles. The van der Waals surface area contributed by atoms with Crippen LogP contribution in [0.25, 0.3) is 0 Å². The number of carbonyl (C=O) groups excluding carboxylic acids is 1. The molecule has 2 N–H and O–H groups in total. The molecule has 1 aliphatic rings. The fraction of sp³-hybridized carbons (Fsp3) is 0.952. The summed E-state index contributed by atoms with van der Waals surface area (Å²) in [6.07, 6.45) is 13.1. The molecule has 1 fully saturated rings. The second kappa shape index (κ2) is 15.6. The smallest absolute Gasteiger partial charge is 0.146 e. The van der Waals surface area contributed by atoms with Crippen LogP contribution in [0, 0.1) is 0 Å². The zero-order valence-corrected chi connectivity index (χ0v) is 17.0. The maximum atomic E-state index is 12.1. The number of nitrogens with zero attached hydrogens (tertiary/aromatic N) is 2. The molecule has 0 amide bonds. The molecule has 0 saturated carbocycles. The standard InChI is InChI=1S/C21H42N2O3/c1-2-3-4-5-6-7-8-9-10-11-12-20(25)17-22-13-15-23(16-14-22)18-21(26)19-24/h21,24,26H,2-19H2,1H3. The van der Waals surface area contributed by atoms with Crippen LogP contribution in [0.1, 0.15) is 77.6 Å². The summed E-state index contributed by atoms with van der Waals surface area (Å²) in [7, 11) is 0. The van der Waals surface area contributed by atoms with Gasteiger partial charge < -0.3 is 10.2 Å². The van der Waals surface area contributed by atoms with E-state index in [2.05, 4.69) is 16.7 Å². The van der Waals surface area contributed by atoms with Gasteiger partial charge in [0.25, 0.3) is 0 Å². The van der Waals surface area contributed by atoms with Crippen molar-refractivity contribution in [3.8, 4) is 0 Å². The SMILES string of the molecule is CCCCCCCCCCCCC(=O)CN1CCN(CC(O)CO)CC1. The van der Waals surface area contributed by atoms with Gasteiger partial charge in [0.2, 0.25) is 0 Å². The first-order chi connectivity index (χ1) is 12.7. The number of aliphatic hydroxyl groups is 2. The number of Topliss-reactive ketones (excluding diaryl/α,β-unsaturated/α-hetero) is 1. The highest BCUT2D eigenvalue weighted by molar-refractivity contribution is 5.80. The molecule has 154 valence electrons. The molecule has 0 spiro atoms. The molecule has 0 radical (unpaired) electrons. The van der Waals surface area contributed by atoms with Gasteiger partial charge in [-0.2, -0.15) is 0 Å². The number of ketones is 1. The Bertz CT molecular complexity index is 344. The van der Waals surface area contributed by atoms with Gasteiger partial charge in [0, 0.05) is 39.1 Å². The Morgan fingerprint density at radius 3 is 1.88 bits per heavy atom. The summed E-state index contributed by atoms with van der Waals surface area (Å²) in [6, 6.07) is 0. The molecule has 0 aromatic rings. The molecule has 0 bridgehead atoms. The van der Waals surface area contributed by atoms with E-state index in [1.165, 1.54) is 57.8 Å². The molecular formula is C21H42N2O3. The summed E-state index contributed by atoms with van der Waals surface area (Å²) in [5.41, 5.74) is 0. The van der Waals surface area contributed by atoms with Gasteiger partial charge in [-0.3, -0.25) is 14.6 Å². The van der Waals surface area contributed by atoms with Crippen LogP contribution in [-0.4, -0.2) is 77.8 Å². The van der Waals surface area contributed by atoms with Crippen molar-refractivity contribution in [2.45, 2.75) is 83.7 Å². The number of carbonyl (C=O) groups is 1. The molecule has 5 nitrogen and oxygen atoms in total. The Morgan fingerprint density at radius 1 is 0.846 bits per heavy atom. The molecule has 1 heterocycles. The predicted molar refractivity (Wildman–Crippen MR) is 107 cm³/mol. The van der Waals surface area contributed by atoms with Crippen molar-refractivity contribution in [2.75, 3.05) is 45.9 Å². The van der Waals surface area contributed by atoms with E-state index in [1.807, 2.05) is 0 Å². The van der Waals surface area contributed by atoms with Gasteiger partial charge in [-0.05, 0) is 6.42 Å². The van der Waals surface area contributed by atoms with Crippen molar-refractivity contribution in [3.63, 3.8) is 0 Å². The fourth-order valence-corrected chi connectivity index (χ4v) is 3.62. The second-order valence-corrected chi connectivity index (χ2v) is 7.88. The molecule has 1 unspecified atom stereocenters. The van der Waals surface area contributed by atoms with Crippen LogP contribution in [0.5, 0.6) is 0 Å². The molecule has 0 aromatic carbocycles. The van der Waals surface area contributed by atoms with E-state index in [0.717, 1.165) is 39.0 Å². The average Bonchev–Trinajstić information content (AvgIpc) is 2.64. The largest absolute Gasteiger partial charge is 0.394 e.